The highest BCUT2D eigenvalue weighted by Crippen LogP contribution is 2.35. The van der Waals surface area contributed by atoms with E-state index >= 15 is 0 Å². The van der Waals surface area contributed by atoms with Gasteiger partial charge in [-0.15, -0.1) is 0 Å². The number of hydrogen-bond donors (Lipinski definition) is 3. The van der Waals surface area contributed by atoms with Crippen molar-refractivity contribution in [3.63, 3.8) is 0 Å². The topological polar surface area (TPSA) is 94.6 Å². The van der Waals surface area contributed by atoms with Crippen LogP contribution in [0, 0.1) is 5.92 Å². The van der Waals surface area contributed by atoms with Crippen molar-refractivity contribution in [2.24, 2.45) is 5.92 Å². The van der Waals surface area contributed by atoms with Crippen LogP contribution in [0.2, 0.25) is 0 Å². The minimum atomic E-state index is -0.714. The number of anilines is 2. The van der Waals surface area contributed by atoms with Gasteiger partial charge in [0.05, 0.1) is 29.9 Å². The lowest BCUT2D eigenvalue weighted by atomic mass is 10.1. The Bertz CT molecular complexity index is 640. The van der Waals surface area contributed by atoms with Crippen molar-refractivity contribution in [3.05, 3.63) is 17.8 Å². The van der Waals surface area contributed by atoms with Gasteiger partial charge in [-0.1, -0.05) is 0 Å². The average Bonchev–Trinajstić information content (AvgIpc) is 3.33. The second-order valence-corrected chi connectivity index (χ2v) is 6.89. The van der Waals surface area contributed by atoms with Gasteiger partial charge in [0.2, 0.25) is 5.91 Å². The lowest BCUT2D eigenvalue weighted by molar-refractivity contribution is -0.117. The van der Waals surface area contributed by atoms with Gasteiger partial charge in [0.25, 0.3) is 5.91 Å². The van der Waals surface area contributed by atoms with Crippen LogP contribution in [0.5, 0.6) is 0 Å². The smallest absolute Gasteiger partial charge is 0.253 e. The zero-order valence-corrected chi connectivity index (χ0v) is 13.4. The number of nitrogens with one attached hydrogen (secondary N) is 2. The number of hydrogen-bond acceptors (Lipinski definition) is 5. The summed E-state index contributed by atoms with van der Waals surface area (Å²) in [6.07, 6.45) is 3.77. The highest BCUT2D eigenvalue weighted by atomic mass is 16.3. The number of rotatable bonds is 5. The Kier molecular flexibility index (Phi) is 3.97. The Labute approximate surface area is 135 Å². The highest BCUT2D eigenvalue weighted by molar-refractivity contribution is 6.04. The first-order valence-electron chi connectivity index (χ1n) is 7.87. The van der Waals surface area contributed by atoms with E-state index in [1.54, 1.807) is 24.8 Å². The fourth-order valence-electron chi connectivity index (χ4n) is 2.49. The van der Waals surface area contributed by atoms with E-state index in [1.807, 2.05) is 0 Å². The predicted octanol–water partition coefficient (Wildman–Crippen LogP) is 0.751. The van der Waals surface area contributed by atoms with E-state index in [1.165, 1.54) is 6.20 Å². The summed E-state index contributed by atoms with van der Waals surface area (Å²) in [7, 11) is 0. The Morgan fingerprint density at radius 1 is 1.52 bits per heavy atom. The van der Waals surface area contributed by atoms with E-state index < -0.39 is 5.54 Å². The van der Waals surface area contributed by atoms with Crippen molar-refractivity contribution in [2.75, 3.05) is 29.9 Å². The molecule has 0 aromatic carbocycles. The molecule has 2 aliphatic rings. The van der Waals surface area contributed by atoms with Gasteiger partial charge in [0.15, 0.2) is 0 Å². The molecule has 7 heteroatoms. The van der Waals surface area contributed by atoms with Crippen molar-refractivity contribution in [1.82, 2.24) is 10.3 Å². The summed E-state index contributed by atoms with van der Waals surface area (Å²) in [4.78, 5) is 30.5. The van der Waals surface area contributed by atoms with E-state index in [0.717, 1.165) is 12.8 Å². The summed E-state index contributed by atoms with van der Waals surface area (Å²) in [6.45, 7) is 4.23. The van der Waals surface area contributed by atoms with Crippen LogP contribution < -0.4 is 15.5 Å². The van der Waals surface area contributed by atoms with Gasteiger partial charge in [-0.3, -0.25) is 9.59 Å². The van der Waals surface area contributed by atoms with Crippen molar-refractivity contribution in [3.8, 4) is 0 Å². The minimum absolute atomic E-state index is 0.000513. The number of aromatic nitrogens is 1. The summed E-state index contributed by atoms with van der Waals surface area (Å²) in [5.74, 6) is 0.863. The van der Waals surface area contributed by atoms with Gasteiger partial charge in [0.1, 0.15) is 5.82 Å². The molecule has 1 aliphatic carbocycles. The number of carbonyl (C=O) groups is 2. The van der Waals surface area contributed by atoms with E-state index in [9.17, 15) is 14.7 Å². The maximum atomic E-state index is 12.3. The summed E-state index contributed by atoms with van der Waals surface area (Å²) < 4.78 is 0. The molecule has 124 valence electrons. The number of aliphatic hydroxyl groups excluding tert-OH is 1. The van der Waals surface area contributed by atoms with Crippen molar-refractivity contribution < 1.29 is 14.7 Å². The minimum Gasteiger partial charge on any atom is -0.394 e. The number of aliphatic hydroxyl groups is 1. The third kappa shape index (κ3) is 3.44. The summed E-state index contributed by atoms with van der Waals surface area (Å²) in [6, 6.07) is 1.69. The SMILES string of the molecule is CC(C)(CO)NC(=O)c1cnc2c(c1)N(CC1CC1)C(=O)CN2. The average molecular weight is 318 g/mol. The fourth-order valence-corrected chi connectivity index (χ4v) is 2.49. The second kappa shape index (κ2) is 5.81. The molecule has 2 heterocycles. The number of pyridine rings is 1. The first-order chi connectivity index (χ1) is 10.9. The lowest BCUT2D eigenvalue weighted by Crippen LogP contribution is -2.46. The Balaban J connectivity index is 1.85. The van der Waals surface area contributed by atoms with Gasteiger partial charge in [-0.05, 0) is 38.7 Å². The van der Waals surface area contributed by atoms with Gasteiger partial charge in [-0.25, -0.2) is 4.98 Å². The molecule has 0 unspecified atom stereocenters. The van der Waals surface area contributed by atoms with Crippen LogP contribution in [0.1, 0.15) is 37.0 Å². The molecular weight excluding hydrogens is 296 g/mol. The van der Waals surface area contributed by atoms with Crippen LogP contribution in [0.3, 0.4) is 0 Å². The standard InChI is InChI=1S/C16H22N4O3/c1-16(2,9-21)19-15(23)11-5-12-14(17-6-11)18-7-13(22)20(12)8-10-3-4-10/h5-6,10,21H,3-4,7-9H2,1-2H3,(H,17,18)(H,19,23). The first-order valence-corrected chi connectivity index (χ1v) is 7.87. The van der Waals surface area contributed by atoms with Crippen LogP contribution >= 0.6 is 0 Å². The first kappa shape index (κ1) is 15.7. The van der Waals surface area contributed by atoms with Gasteiger partial charge >= 0.3 is 0 Å². The summed E-state index contributed by atoms with van der Waals surface area (Å²) in [5, 5.41) is 15.0. The molecule has 1 aliphatic heterocycles. The molecule has 0 saturated heterocycles. The van der Waals surface area contributed by atoms with Crippen LogP contribution in [0.4, 0.5) is 11.5 Å². The van der Waals surface area contributed by atoms with Gasteiger partial charge < -0.3 is 20.6 Å². The maximum absolute atomic E-state index is 12.3. The molecule has 1 fully saturated rings. The Morgan fingerprint density at radius 3 is 2.91 bits per heavy atom. The van der Waals surface area contributed by atoms with Gasteiger partial charge in [-0.2, -0.15) is 0 Å². The third-order valence-electron chi connectivity index (χ3n) is 4.11. The van der Waals surface area contributed by atoms with Crippen molar-refractivity contribution in [2.45, 2.75) is 32.2 Å². The van der Waals surface area contributed by atoms with Crippen molar-refractivity contribution in [1.29, 1.82) is 0 Å². The van der Waals surface area contributed by atoms with Crippen LogP contribution in [0.15, 0.2) is 12.3 Å². The monoisotopic (exact) mass is 318 g/mol. The molecule has 1 aromatic rings. The fraction of sp³-hybridized carbons (Fsp3) is 0.562. The zero-order chi connectivity index (χ0) is 16.6. The van der Waals surface area contributed by atoms with E-state index in [-0.39, 0.29) is 25.0 Å². The molecule has 0 bridgehead atoms. The zero-order valence-electron chi connectivity index (χ0n) is 13.4. The largest absolute Gasteiger partial charge is 0.394 e. The number of nitrogens with zero attached hydrogens (tertiary/aromatic N) is 2. The molecular formula is C16H22N4O3. The molecule has 0 spiro atoms. The molecule has 3 rings (SSSR count). The van der Waals surface area contributed by atoms with E-state index in [4.69, 9.17) is 0 Å². The lowest BCUT2D eigenvalue weighted by Gasteiger charge is -2.30. The summed E-state index contributed by atoms with van der Waals surface area (Å²) in [5.41, 5.74) is 0.319. The molecule has 2 amide bonds. The molecule has 1 saturated carbocycles. The Morgan fingerprint density at radius 2 is 2.26 bits per heavy atom. The Hall–Kier alpha value is -2.15. The quantitative estimate of drug-likeness (QED) is 0.745. The number of fused-ring (bicyclic) bond motifs is 1. The van der Waals surface area contributed by atoms with Crippen LogP contribution in [0.25, 0.3) is 0 Å². The maximum Gasteiger partial charge on any atom is 0.253 e. The molecule has 23 heavy (non-hydrogen) atoms. The summed E-state index contributed by atoms with van der Waals surface area (Å²) >= 11 is 0. The van der Waals surface area contributed by atoms with Crippen LogP contribution in [-0.2, 0) is 4.79 Å². The van der Waals surface area contributed by atoms with E-state index in [0.29, 0.717) is 29.5 Å². The van der Waals surface area contributed by atoms with Crippen molar-refractivity contribution >= 4 is 23.3 Å². The second-order valence-electron chi connectivity index (χ2n) is 6.89. The molecule has 3 N–H and O–H groups in total. The predicted molar refractivity (Wildman–Crippen MR) is 86.4 cm³/mol. The molecule has 7 nitrogen and oxygen atoms in total. The van der Waals surface area contributed by atoms with Crippen LogP contribution in [-0.4, -0.2) is 47.1 Å². The van der Waals surface area contributed by atoms with E-state index in [2.05, 4.69) is 15.6 Å². The number of amides is 2. The number of carbonyl (C=O) groups excluding carboxylic acids is 2. The molecule has 0 radical (unpaired) electrons. The third-order valence-corrected chi connectivity index (χ3v) is 4.11. The highest BCUT2D eigenvalue weighted by Gasteiger charge is 2.32. The normalized spacial score (nSPS) is 17.5. The van der Waals surface area contributed by atoms with Gasteiger partial charge in [0, 0.05) is 12.7 Å². The molecule has 0 atom stereocenters. The molecule has 1 aromatic heterocycles.